The summed E-state index contributed by atoms with van der Waals surface area (Å²) in [5, 5.41) is 0.0739. The van der Waals surface area contributed by atoms with Crippen LogP contribution in [0.2, 0.25) is 5.02 Å². The van der Waals surface area contributed by atoms with E-state index >= 15 is 0 Å². The van der Waals surface area contributed by atoms with Gasteiger partial charge >= 0.3 is 0 Å². The molecule has 0 saturated carbocycles. The average Bonchev–Trinajstić information content (AvgIpc) is 2.66. The van der Waals surface area contributed by atoms with E-state index in [1.165, 1.54) is 35.4 Å². The minimum atomic E-state index is -2.59. The largest absolute Gasteiger partial charge is 0.380 e. The lowest BCUT2D eigenvalue weighted by Gasteiger charge is -2.45. The molecule has 2 aliphatic rings. The number of nitrogens with zero attached hydrogens (tertiary/aromatic N) is 3. The molecule has 3 heterocycles. The molecule has 0 aliphatic carbocycles. The van der Waals surface area contributed by atoms with Crippen molar-refractivity contribution < 1.29 is 27.5 Å². The van der Waals surface area contributed by atoms with E-state index in [2.05, 4.69) is 4.98 Å². The van der Waals surface area contributed by atoms with Crippen LogP contribution in [0.4, 0.5) is 19.0 Å². The van der Waals surface area contributed by atoms with Gasteiger partial charge in [-0.3, -0.25) is 14.5 Å². The van der Waals surface area contributed by atoms with Crippen molar-refractivity contribution in [3.05, 3.63) is 58.5 Å². The number of piperazine rings is 1. The van der Waals surface area contributed by atoms with Crippen LogP contribution in [0.5, 0.6) is 0 Å². The highest BCUT2D eigenvalue weighted by Gasteiger charge is 2.47. The minimum Gasteiger partial charge on any atom is -0.380 e. The Balaban J connectivity index is 1.62. The quantitative estimate of drug-likeness (QED) is 0.717. The molecule has 1 atom stereocenters. The first-order valence-corrected chi connectivity index (χ1v) is 9.59. The van der Waals surface area contributed by atoms with Gasteiger partial charge in [0.2, 0.25) is 5.91 Å². The number of rotatable bonds is 5. The van der Waals surface area contributed by atoms with Crippen LogP contribution in [0, 0.1) is 11.7 Å². The van der Waals surface area contributed by atoms with E-state index in [-0.39, 0.29) is 48.6 Å². The molecule has 4 rings (SSSR count). The van der Waals surface area contributed by atoms with Gasteiger partial charge < -0.3 is 9.64 Å². The molecule has 2 saturated heterocycles. The third-order valence-corrected chi connectivity index (χ3v) is 5.41. The number of carbonyl (C=O) groups excluding carboxylic acids is 2. The predicted octanol–water partition coefficient (Wildman–Crippen LogP) is 3.20. The van der Waals surface area contributed by atoms with Gasteiger partial charge in [-0.2, -0.15) is 0 Å². The number of benzene rings is 1. The topological polar surface area (TPSA) is 62.7 Å². The zero-order valence-corrected chi connectivity index (χ0v) is 16.4. The molecule has 0 radical (unpaired) electrons. The lowest BCUT2D eigenvalue weighted by atomic mass is 9.92. The molecule has 2 aliphatic heterocycles. The maximum atomic E-state index is 14.4. The molecule has 0 bridgehead atoms. The second kappa shape index (κ2) is 8.23. The predicted molar refractivity (Wildman–Crippen MR) is 102 cm³/mol. The van der Waals surface area contributed by atoms with Crippen LogP contribution in [0.3, 0.4) is 0 Å². The molecule has 0 spiro atoms. The highest BCUT2D eigenvalue weighted by molar-refractivity contribution is 6.30. The van der Waals surface area contributed by atoms with Gasteiger partial charge in [0.05, 0.1) is 18.2 Å². The molecule has 6 nitrogen and oxygen atoms in total. The van der Waals surface area contributed by atoms with Gasteiger partial charge in [-0.1, -0.05) is 35.9 Å². The van der Waals surface area contributed by atoms with Crippen molar-refractivity contribution in [3.63, 3.8) is 0 Å². The average molecular weight is 440 g/mol. The van der Waals surface area contributed by atoms with Gasteiger partial charge in [0.15, 0.2) is 11.6 Å². The molecular formula is C20H17ClF3N3O3. The van der Waals surface area contributed by atoms with Crippen LogP contribution >= 0.6 is 11.6 Å². The summed E-state index contributed by atoms with van der Waals surface area (Å²) in [4.78, 5) is 32.5. The van der Waals surface area contributed by atoms with Crippen LogP contribution in [-0.2, 0) is 20.9 Å². The maximum Gasteiger partial charge on any atom is 0.263 e. The Morgan fingerprint density at radius 1 is 1.20 bits per heavy atom. The molecular weight excluding hydrogens is 423 g/mol. The highest BCUT2D eigenvalue weighted by Crippen LogP contribution is 2.31. The standard InChI is InChI=1S/C20H17ClF3N3O3/c21-14-5-15(22)19(25-6-14)27-8-16(28)26(17(20(27)29)13-9-30-10-13)7-11-1-3-12(4-2-11)18(23)24/h1-6,13,17-18H,7-10H2. The molecule has 0 N–H and O–H groups in total. The third kappa shape index (κ3) is 3.87. The maximum absolute atomic E-state index is 14.4. The molecule has 158 valence electrons. The minimum absolute atomic E-state index is 0.0691. The molecule has 10 heteroatoms. The monoisotopic (exact) mass is 439 g/mol. The number of anilines is 1. The van der Waals surface area contributed by atoms with Crippen molar-refractivity contribution in [3.8, 4) is 0 Å². The number of halogens is 4. The number of alkyl halides is 2. The van der Waals surface area contributed by atoms with Crippen molar-refractivity contribution in [1.29, 1.82) is 0 Å². The smallest absolute Gasteiger partial charge is 0.263 e. The molecule has 2 aromatic rings. The molecule has 30 heavy (non-hydrogen) atoms. The van der Waals surface area contributed by atoms with Crippen molar-refractivity contribution in [2.45, 2.75) is 19.0 Å². The summed E-state index contributed by atoms with van der Waals surface area (Å²) in [7, 11) is 0. The summed E-state index contributed by atoms with van der Waals surface area (Å²) in [6.45, 7) is 0.257. The summed E-state index contributed by atoms with van der Waals surface area (Å²) < 4.78 is 45.1. The fourth-order valence-electron chi connectivity index (χ4n) is 3.58. The molecule has 1 unspecified atom stereocenters. The zero-order valence-electron chi connectivity index (χ0n) is 15.6. The Labute approximate surface area is 175 Å². The summed E-state index contributed by atoms with van der Waals surface area (Å²) in [6.07, 6.45) is -1.39. The van der Waals surface area contributed by atoms with E-state index in [1.807, 2.05) is 0 Å². The van der Waals surface area contributed by atoms with E-state index in [4.69, 9.17) is 16.3 Å². The molecule has 2 fully saturated rings. The number of hydrogen-bond donors (Lipinski definition) is 0. The van der Waals surface area contributed by atoms with E-state index in [0.717, 1.165) is 11.0 Å². The van der Waals surface area contributed by atoms with E-state index in [1.54, 1.807) is 0 Å². The van der Waals surface area contributed by atoms with Crippen LogP contribution in [0.15, 0.2) is 36.5 Å². The Kier molecular flexibility index (Phi) is 5.66. The summed E-state index contributed by atoms with van der Waals surface area (Å²) in [6, 6.07) is 5.74. The van der Waals surface area contributed by atoms with Gasteiger partial charge in [-0.25, -0.2) is 18.2 Å². The fraction of sp³-hybridized carbons (Fsp3) is 0.350. The van der Waals surface area contributed by atoms with Crippen molar-refractivity contribution in [2.24, 2.45) is 5.92 Å². The second-order valence-electron chi connectivity index (χ2n) is 7.19. The number of amides is 2. The Morgan fingerprint density at radius 3 is 2.47 bits per heavy atom. The Hall–Kier alpha value is -2.65. The molecule has 1 aromatic carbocycles. The van der Waals surface area contributed by atoms with E-state index in [9.17, 15) is 22.8 Å². The third-order valence-electron chi connectivity index (χ3n) is 5.21. The van der Waals surface area contributed by atoms with Crippen molar-refractivity contribution in [2.75, 3.05) is 24.7 Å². The molecule has 2 amide bonds. The normalized spacial score (nSPS) is 20.1. The second-order valence-corrected chi connectivity index (χ2v) is 7.63. The van der Waals surface area contributed by atoms with E-state index < -0.39 is 30.1 Å². The van der Waals surface area contributed by atoms with Gasteiger partial charge in [-0.15, -0.1) is 0 Å². The lowest BCUT2D eigenvalue weighted by Crippen LogP contribution is -2.65. The van der Waals surface area contributed by atoms with Crippen LogP contribution in [0.1, 0.15) is 17.6 Å². The Morgan fingerprint density at radius 2 is 1.90 bits per heavy atom. The van der Waals surface area contributed by atoms with Gasteiger partial charge in [0, 0.05) is 24.2 Å². The molecule has 1 aromatic heterocycles. The van der Waals surface area contributed by atoms with Crippen LogP contribution < -0.4 is 4.90 Å². The van der Waals surface area contributed by atoms with Gasteiger partial charge in [0.25, 0.3) is 12.3 Å². The van der Waals surface area contributed by atoms with E-state index in [0.29, 0.717) is 5.56 Å². The van der Waals surface area contributed by atoms with Gasteiger partial charge in [-0.05, 0) is 11.6 Å². The summed E-state index contributed by atoms with van der Waals surface area (Å²) in [5.74, 6) is -2.19. The first kappa shape index (κ1) is 20.6. The number of pyridine rings is 1. The van der Waals surface area contributed by atoms with Crippen molar-refractivity contribution in [1.82, 2.24) is 9.88 Å². The highest BCUT2D eigenvalue weighted by atomic mass is 35.5. The van der Waals surface area contributed by atoms with Crippen LogP contribution in [-0.4, -0.2) is 47.5 Å². The first-order valence-electron chi connectivity index (χ1n) is 9.21. The van der Waals surface area contributed by atoms with Crippen molar-refractivity contribution >= 4 is 29.2 Å². The number of carbonyl (C=O) groups is 2. The Bertz CT molecular complexity index is 970. The summed E-state index contributed by atoms with van der Waals surface area (Å²) in [5.41, 5.74) is 0.481. The zero-order chi connectivity index (χ0) is 21.4. The first-order chi connectivity index (χ1) is 14.3. The lowest BCUT2D eigenvalue weighted by molar-refractivity contribution is -0.155. The fourth-order valence-corrected chi connectivity index (χ4v) is 3.73. The number of ether oxygens (including phenoxy) is 1. The number of aromatic nitrogens is 1. The SMILES string of the molecule is O=C1C(C2COC2)N(Cc2ccc(C(F)F)cc2)C(=O)CN1c1ncc(Cl)cc1F. The summed E-state index contributed by atoms with van der Waals surface area (Å²) >= 11 is 5.73. The van der Waals surface area contributed by atoms with Gasteiger partial charge in [0.1, 0.15) is 12.6 Å². The number of hydrogen-bond acceptors (Lipinski definition) is 4. The van der Waals surface area contributed by atoms with Crippen LogP contribution in [0.25, 0.3) is 0 Å².